The smallest absolute Gasteiger partial charge is 0.263 e. The number of sulfonamides is 1. The maximum Gasteiger partial charge on any atom is 0.263 e. The molecule has 0 aliphatic carbocycles. The number of rotatable bonds is 5. The third-order valence-electron chi connectivity index (χ3n) is 3.92. The number of fused-ring (bicyclic) bond motifs is 1. The van der Waals surface area contributed by atoms with Crippen molar-refractivity contribution in [1.82, 2.24) is 4.98 Å². The molecule has 1 aromatic heterocycles. The van der Waals surface area contributed by atoms with Crippen LogP contribution in [0.3, 0.4) is 0 Å². The molecule has 0 atom stereocenters. The topological polar surface area (TPSA) is 68.3 Å². The normalized spacial score (nSPS) is 12.3. The van der Waals surface area contributed by atoms with Crippen LogP contribution in [0.1, 0.15) is 33.3 Å². The second kappa shape index (κ2) is 6.89. The van der Waals surface area contributed by atoms with Crippen molar-refractivity contribution in [3.05, 3.63) is 48.0 Å². The van der Waals surface area contributed by atoms with Gasteiger partial charge in [-0.15, -0.1) is 0 Å². The summed E-state index contributed by atoms with van der Waals surface area (Å²) in [6.45, 7) is 8.76. The van der Waals surface area contributed by atoms with Crippen LogP contribution in [0.25, 0.3) is 10.2 Å². The fourth-order valence-electron chi connectivity index (χ4n) is 2.51. The number of hydrogen-bond donors (Lipinski definition) is 1. The molecule has 5 nitrogen and oxygen atoms in total. The van der Waals surface area contributed by atoms with E-state index < -0.39 is 10.0 Å². The van der Waals surface area contributed by atoms with Crippen molar-refractivity contribution in [2.24, 2.45) is 0 Å². The van der Waals surface area contributed by atoms with E-state index in [0.29, 0.717) is 11.7 Å². The summed E-state index contributed by atoms with van der Waals surface area (Å²) in [5.41, 5.74) is 1.79. The van der Waals surface area contributed by atoms with E-state index in [0.717, 1.165) is 21.5 Å². The fraction of sp³-hybridized carbons (Fsp3) is 0.316. The molecule has 1 heterocycles. The fourth-order valence-corrected chi connectivity index (χ4v) is 4.64. The van der Waals surface area contributed by atoms with E-state index in [-0.39, 0.29) is 10.3 Å². The SMILES string of the molecule is CCOc1ccc2nc(NS(=O)(=O)c3ccc(C(C)(C)C)cc3)sc2c1. The van der Waals surface area contributed by atoms with Crippen molar-refractivity contribution in [2.45, 2.75) is 38.0 Å². The number of hydrogen-bond acceptors (Lipinski definition) is 5. The minimum absolute atomic E-state index is 0.0268. The summed E-state index contributed by atoms with van der Waals surface area (Å²) in [5, 5.41) is 0.341. The molecule has 7 heteroatoms. The predicted molar refractivity (Wildman–Crippen MR) is 107 cm³/mol. The van der Waals surface area contributed by atoms with Crippen molar-refractivity contribution < 1.29 is 13.2 Å². The maximum absolute atomic E-state index is 12.6. The van der Waals surface area contributed by atoms with Gasteiger partial charge < -0.3 is 4.74 Å². The molecule has 3 rings (SSSR count). The van der Waals surface area contributed by atoms with Gasteiger partial charge in [0.25, 0.3) is 10.0 Å². The van der Waals surface area contributed by atoms with Gasteiger partial charge >= 0.3 is 0 Å². The van der Waals surface area contributed by atoms with Gasteiger partial charge in [0.2, 0.25) is 0 Å². The van der Waals surface area contributed by atoms with Gasteiger partial charge in [-0.25, -0.2) is 13.4 Å². The van der Waals surface area contributed by atoms with Crippen LogP contribution in [0, 0.1) is 0 Å². The number of ether oxygens (including phenoxy) is 1. The molecule has 0 unspecified atom stereocenters. The van der Waals surface area contributed by atoms with E-state index in [1.807, 2.05) is 37.3 Å². The van der Waals surface area contributed by atoms with Crippen LogP contribution >= 0.6 is 11.3 Å². The summed E-state index contributed by atoms with van der Waals surface area (Å²) >= 11 is 1.28. The second-order valence-electron chi connectivity index (χ2n) is 6.96. The number of anilines is 1. The molecule has 1 N–H and O–H groups in total. The van der Waals surface area contributed by atoms with Gasteiger partial charge in [0.15, 0.2) is 5.13 Å². The zero-order valence-electron chi connectivity index (χ0n) is 15.2. The molecule has 0 saturated carbocycles. The van der Waals surface area contributed by atoms with Crippen molar-refractivity contribution in [2.75, 3.05) is 11.3 Å². The molecule has 2 aromatic carbocycles. The molecule has 26 heavy (non-hydrogen) atoms. The molecule has 0 amide bonds. The van der Waals surface area contributed by atoms with Crippen molar-refractivity contribution in [3.63, 3.8) is 0 Å². The molecular weight excluding hydrogens is 368 g/mol. The van der Waals surface area contributed by atoms with E-state index in [9.17, 15) is 8.42 Å². The standard InChI is InChI=1S/C19H22N2O3S2/c1-5-24-14-8-11-16-17(12-14)25-18(20-16)21-26(22,23)15-9-6-13(7-10-15)19(2,3)4/h6-12H,5H2,1-4H3,(H,20,21). The van der Waals surface area contributed by atoms with Gasteiger partial charge in [0, 0.05) is 0 Å². The highest BCUT2D eigenvalue weighted by Crippen LogP contribution is 2.31. The Morgan fingerprint density at radius 2 is 1.81 bits per heavy atom. The monoisotopic (exact) mass is 390 g/mol. The van der Waals surface area contributed by atoms with Crippen LogP contribution in [0.5, 0.6) is 5.75 Å². The summed E-state index contributed by atoms with van der Waals surface area (Å²) in [6.07, 6.45) is 0. The third-order valence-corrected chi connectivity index (χ3v) is 6.34. The molecule has 0 radical (unpaired) electrons. The zero-order chi connectivity index (χ0) is 18.9. The Labute approximate surface area is 158 Å². The van der Waals surface area contributed by atoms with Gasteiger partial charge in [0.1, 0.15) is 5.75 Å². The van der Waals surface area contributed by atoms with Crippen LogP contribution in [-0.4, -0.2) is 20.0 Å². The van der Waals surface area contributed by atoms with Crippen LogP contribution < -0.4 is 9.46 Å². The molecule has 0 fully saturated rings. The van der Waals surface area contributed by atoms with E-state index in [1.165, 1.54) is 11.3 Å². The number of nitrogens with one attached hydrogen (secondary N) is 1. The Morgan fingerprint density at radius 1 is 1.12 bits per heavy atom. The van der Waals surface area contributed by atoms with Crippen LogP contribution in [-0.2, 0) is 15.4 Å². The Balaban J connectivity index is 1.86. The zero-order valence-corrected chi connectivity index (χ0v) is 16.9. The Bertz CT molecular complexity index is 1020. The number of aromatic nitrogens is 1. The van der Waals surface area contributed by atoms with Gasteiger partial charge in [0.05, 0.1) is 21.7 Å². The summed E-state index contributed by atoms with van der Waals surface area (Å²) < 4.78 is 34.2. The molecular formula is C19H22N2O3S2. The van der Waals surface area contributed by atoms with Gasteiger partial charge in [-0.2, -0.15) is 0 Å². The Morgan fingerprint density at radius 3 is 2.42 bits per heavy atom. The third kappa shape index (κ3) is 3.99. The summed E-state index contributed by atoms with van der Waals surface area (Å²) in [5.74, 6) is 0.746. The van der Waals surface area contributed by atoms with Gasteiger partial charge in [-0.1, -0.05) is 44.2 Å². The average molecular weight is 391 g/mol. The van der Waals surface area contributed by atoms with Crippen LogP contribution in [0.15, 0.2) is 47.4 Å². The second-order valence-corrected chi connectivity index (χ2v) is 9.67. The summed E-state index contributed by atoms with van der Waals surface area (Å²) in [7, 11) is -3.68. The predicted octanol–water partition coefficient (Wildman–Crippen LogP) is 4.79. The lowest BCUT2D eigenvalue weighted by molar-refractivity contribution is 0.341. The molecule has 0 saturated heterocycles. The first-order valence-electron chi connectivity index (χ1n) is 8.36. The first-order valence-corrected chi connectivity index (χ1v) is 10.7. The van der Waals surface area contributed by atoms with E-state index >= 15 is 0 Å². The van der Waals surface area contributed by atoms with Gasteiger partial charge in [-0.05, 0) is 48.2 Å². The first kappa shape index (κ1) is 18.7. The quantitative estimate of drug-likeness (QED) is 0.680. The number of thiazole rings is 1. The lowest BCUT2D eigenvalue weighted by Crippen LogP contribution is -2.14. The highest BCUT2D eigenvalue weighted by molar-refractivity contribution is 7.93. The van der Waals surface area contributed by atoms with E-state index in [2.05, 4.69) is 30.5 Å². The van der Waals surface area contributed by atoms with Gasteiger partial charge in [-0.3, -0.25) is 4.72 Å². The highest BCUT2D eigenvalue weighted by atomic mass is 32.2. The minimum Gasteiger partial charge on any atom is -0.494 e. The molecule has 0 aliphatic heterocycles. The number of benzene rings is 2. The average Bonchev–Trinajstić information content (AvgIpc) is 2.95. The maximum atomic E-state index is 12.6. The molecule has 0 bridgehead atoms. The highest BCUT2D eigenvalue weighted by Gasteiger charge is 2.19. The lowest BCUT2D eigenvalue weighted by Gasteiger charge is -2.19. The first-order chi connectivity index (χ1) is 12.2. The van der Waals surface area contributed by atoms with Crippen LogP contribution in [0.4, 0.5) is 5.13 Å². The molecule has 138 valence electrons. The Kier molecular flexibility index (Phi) is 4.94. The number of nitrogens with zero attached hydrogens (tertiary/aromatic N) is 1. The van der Waals surface area contributed by atoms with Crippen LogP contribution in [0.2, 0.25) is 0 Å². The molecule has 3 aromatic rings. The largest absolute Gasteiger partial charge is 0.494 e. The molecule has 0 spiro atoms. The van der Waals surface area contributed by atoms with E-state index in [1.54, 1.807) is 12.1 Å². The van der Waals surface area contributed by atoms with Crippen molar-refractivity contribution >= 4 is 36.7 Å². The Hall–Kier alpha value is -2.12. The molecule has 0 aliphatic rings. The van der Waals surface area contributed by atoms with Crippen molar-refractivity contribution in [3.8, 4) is 5.75 Å². The summed E-state index contributed by atoms with van der Waals surface area (Å²) in [6, 6.07) is 12.5. The van der Waals surface area contributed by atoms with E-state index in [4.69, 9.17) is 4.74 Å². The lowest BCUT2D eigenvalue weighted by atomic mass is 9.87. The minimum atomic E-state index is -3.68. The van der Waals surface area contributed by atoms with Crippen molar-refractivity contribution in [1.29, 1.82) is 0 Å². The summed E-state index contributed by atoms with van der Waals surface area (Å²) in [4.78, 5) is 4.58.